The first kappa shape index (κ1) is 16.9. The number of carbonyl (C=O) groups is 1. The maximum Gasteiger partial charge on any atom is 0.319 e. The minimum Gasteiger partial charge on any atom is -0.370 e. The zero-order chi connectivity index (χ0) is 16.9. The molecule has 1 aromatic carbocycles. The number of nitrogens with one attached hydrogen (secondary N) is 3. The number of carbonyl (C=O) groups excluding carboxylic acids is 1. The lowest BCUT2D eigenvalue weighted by Gasteiger charge is -2.17. The van der Waals surface area contributed by atoms with Crippen LogP contribution in [0.1, 0.15) is 17.7 Å². The molecule has 0 atom stereocenters. The molecular formula is C17H18Cl2N4O. The number of aryl methyl sites for hydroxylation is 1. The molecule has 0 saturated carbocycles. The summed E-state index contributed by atoms with van der Waals surface area (Å²) < 4.78 is 0. The summed E-state index contributed by atoms with van der Waals surface area (Å²) in [4.78, 5) is 16.5. The Bertz CT molecular complexity index is 751. The number of rotatable bonds is 4. The van der Waals surface area contributed by atoms with Crippen molar-refractivity contribution in [3.63, 3.8) is 0 Å². The Morgan fingerprint density at radius 3 is 2.96 bits per heavy atom. The predicted molar refractivity (Wildman–Crippen MR) is 98.2 cm³/mol. The molecule has 3 N–H and O–H groups in total. The molecule has 2 heterocycles. The van der Waals surface area contributed by atoms with Crippen LogP contribution in [0.2, 0.25) is 10.0 Å². The van der Waals surface area contributed by atoms with Crippen LogP contribution in [0, 0.1) is 0 Å². The van der Waals surface area contributed by atoms with E-state index in [-0.39, 0.29) is 6.03 Å². The fourth-order valence-electron chi connectivity index (χ4n) is 2.57. The van der Waals surface area contributed by atoms with E-state index in [1.807, 2.05) is 6.07 Å². The number of urea groups is 1. The molecule has 126 valence electrons. The average molecular weight is 365 g/mol. The Morgan fingerprint density at radius 2 is 2.12 bits per heavy atom. The van der Waals surface area contributed by atoms with Gasteiger partial charge in [0, 0.05) is 30.2 Å². The van der Waals surface area contributed by atoms with Gasteiger partial charge in [-0.2, -0.15) is 0 Å². The number of hydrogen-bond donors (Lipinski definition) is 3. The summed E-state index contributed by atoms with van der Waals surface area (Å²) in [6, 6.07) is 8.74. The molecular weight excluding hydrogens is 347 g/mol. The van der Waals surface area contributed by atoms with Gasteiger partial charge in [-0.25, -0.2) is 9.78 Å². The Kier molecular flexibility index (Phi) is 5.43. The second-order valence-corrected chi connectivity index (χ2v) is 6.44. The highest BCUT2D eigenvalue weighted by atomic mass is 35.5. The van der Waals surface area contributed by atoms with Crippen LogP contribution < -0.4 is 16.0 Å². The minimum absolute atomic E-state index is 0.310. The second-order valence-electron chi connectivity index (χ2n) is 5.60. The van der Waals surface area contributed by atoms with E-state index in [0.29, 0.717) is 28.7 Å². The van der Waals surface area contributed by atoms with Crippen molar-refractivity contribution in [1.82, 2.24) is 10.3 Å². The quantitative estimate of drug-likeness (QED) is 0.764. The molecule has 24 heavy (non-hydrogen) atoms. The van der Waals surface area contributed by atoms with Crippen LogP contribution in [0.3, 0.4) is 0 Å². The van der Waals surface area contributed by atoms with E-state index in [1.54, 1.807) is 18.2 Å². The van der Waals surface area contributed by atoms with Crippen molar-refractivity contribution < 1.29 is 4.79 Å². The molecule has 1 aliphatic rings. The van der Waals surface area contributed by atoms with E-state index in [1.165, 1.54) is 5.56 Å². The molecule has 0 aliphatic carbocycles. The van der Waals surface area contributed by atoms with Gasteiger partial charge in [0.25, 0.3) is 0 Å². The largest absolute Gasteiger partial charge is 0.370 e. The molecule has 7 heteroatoms. The van der Waals surface area contributed by atoms with Gasteiger partial charge >= 0.3 is 6.03 Å². The monoisotopic (exact) mass is 364 g/mol. The number of fused-ring (bicyclic) bond motifs is 1. The van der Waals surface area contributed by atoms with E-state index in [9.17, 15) is 4.79 Å². The fourth-order valence-corrected chi connectivity index (χ4v) is 3.03. The van der Waals surface area contributed by atoms with Gasteiger partial charge in [-0.05, 0) is 42.7 Å². The number of pyridine rings is 1. The number of nitrogens with zero attached hydrogens (tertiary/aromatic N) is 1. The normalized spacial score (nSPS) is 12.9. The molecule has 3 rings (SSSR count). The first-order valence-electron chi connectivity index (χ1n) is 7.84. The Labute approximate surface area is 150 Å². The van der Waals surface area contributed by atoms with Crippen molar-refractivity contribution >= 4 is 40.7 Å². The number of benzene rings is 1. The van der Waals surface area contributed by atoms with E-state index in [4.69, 9.17) is 23.2 Å². The Morgan fingerprint density at radius 1 is 1.25 bits per heavy atom. The highest BCUT2D eigenvalue weighted by Gasteiger charge is 2.10. The zero-order valence-electron chi connectivity index (χ0n) is 13.0. The van der Waals surface area contributed by atoms with Gasteiger partial charge in [0.15, 0.2) is 0 Å². The summed E-state index contributed by atoms with van der Waals surface area (Å²) in [7, 11) is 0. The van der Waals surface area contributed by atoms with Crippen LogP contribution in [0.25, 0.3) is 0 Å². The van der Waals surface area contributed by atoms with E-state index in [0.717, 1.165) is 30.9 Å². The van der Waals surface area contributed by atoms with Gasteiger partial charge < -0.3 is 16.0 Å². The third-order valence-corrected chi connectivity index (χ3v) is 4.35. The van der Waals surface area contributed by atoms with E-state index >= 15 is 0 Å². The second kappa shape index (κ2) is 7.73. The minimum atomic E-state index is -0.310. The maximum atomic E-state index is 11.9. The van der Waals surface area contributed by atoms with Crippen LogP contribution >= 0.6 is 23.2 Å². The molecule has 1 aromatic heterocycles. The van der Waals surface area contributed by atoms with Gasteiger partial charge in [-0.1, -0.05) is 29.3 Å². The molecule has 0 fully saturated rings. The lowest BCUT2D eigenvalue weighted by atomic mass is 10.1. The van der Waals surface area contributed by atoms with Gasteiger partial charge in [-0.15, -0.1) is 0 Å². The molecule has 0 bridgehead atoms. The van der Waals surface area contributed by atoms with Crippen molar-refractivity contribution in [1.29, 1.82) is 0 Å². The summed E-state index contributed by atoms with van der Waals surface area (Å²) in [5.74, 6) is 0.969. The summed E-state index contributed by atoms with van der Waals surface area (Å²) in [6.45, 7) is 1.45. The number of hydrogen-bond acceptors (Lipinski definition) is 3. The lowest BCUT2D eigenvalue weighted by molar-refractivity contribution is 0.252. The van der Waals surface area contributed by atoms with Crippen molar-refractivity contribution in [3.8, 4) is 0 Å². The molecule has 5 nitrogen and oxygen atoms in total. The van der Waals surface area contributed by atoms with Crippen LogP contribution in [0.5, 0.6) is 0 Å². The fraction of sp³-hybridized carbons (Fsp3) is 0.294. The highest BCUT2D eigenvalue weighted by Crippen LogP contribution is 2.25. The van der Waals surface area contributed by atoms with Gasteiger partial charge in [0.1, 0.15) is 5.82 Å². The first-order valence-corrected chi connectivity index (χ1v) is 8.60. The highest BCUT2D eigenvalue weighted by molar-refractivity contribution is 6.36. The van der Waals surface area contributed by atoms with E-state index in [2.05, 4.69) is 27.0 Å². The molecule has 2 aromatic rings. The number of aromatic nitrogens is 1. The smallest absolute Gasteiger partial charge is 0.319 e. The van der Waals surface area contributed by atoms with Crippen molar-refractivity contribution in [2.75, 3.05) is 23.7 Å². The Balaban J connectivity index is 1.50. The SMILES string of the molecule is O=C(NCCc1ccc2c(n1)NCCC2)Nc1ccc(Cl)cc1Cl. The summed E-state index contributed by atoms with van der Waals surface area (Å²) in [6.07, 6.45) is 2.87. The van der Waals surface area contributed by atoms with E-state index < -0.39 is 0 Å². The lowest BCUT2D eigenvalue weighted by Crippen LogP contribution is -2.30. The zero-order valence-corrected chi connectivity index (χ0v) is 14.5. The van der Waals surface area contributed by atoms with Crippen LogP contribution in [0.4, 0.5) is 16.3 Å². The molecule has 0 saturated heterocycles. The number of anilines is 2. The van der Waals surface area contributed by atoms with Crippen LogP contribution in [0.15, 0.2) is 30.3 Å². The standard InChI is InChI=1S/C17H18Cl2N4O/c18-12-4-6-15(14(19)10-12)23-17(24)21-9-7-13-5-3-11-2-1-8-20-16(11)22-13/h3-6,10H,1-2,7-9H2,(H,20,22)(H2,21,23,24). The first-order chi connectivity index (χ1) is 11.6. The number of amides is 2. The molecule has 1 aliphatic heterocycles. The molecule has 2 amide bonds. The Hall–Kier alpha value is -1.98. The van der Waals surface area contributed by atoms with Gasteiger partial charge in [-0.3, -0.25) is 0 Å². The topological polar surface area (TPSA) is 66.0 Å². The summed E-state index contributed by atoms with van der Waals surface area (Å²) in [5.41, 5.74) is 2.73. The maximum absolute atomic E-state index is 11.9. The van der Waals surface area contributed by atoms with Crippen molar-refractivity contribution in [2.45, 2.75) is 19.3 Å². The summed E-state index contributed by atoms with van der Waals surface area (Å²) in [5, 5.41) is 9.74. The molecule has 0 spiro atoms. The van der Waals surface area contributed by atoms with Gasteiger partial charge in [0.2, 0.25) is 0 Å². The van der Waals surface area contributed by atoms with Crippen LogP contribution in [-0.4, -0.2) is 24.1 Å². The molecule has 0 unspecified atom stereocenters. The average Bonchev–Trinajstić information content (AvgIpc) is 2.57. The van der Waals surface area contributed by atoms with Crippen molar-refractivity contribution in [2.24, 2.45) is 0 Å². The summed E-state index contributed by atoms with van der Waals surface area (Å²) >= 11 is 11.9. The van der Waals surface area contributed by atoms with Crippen molar-refractivity contribution in [3.05, 3.63) is 51.6 Å². The third kappa shape index (κ3) is 4.30. The number of halogens is 2. The van der Waals surface area contributed by atoms with Crippen LogP contribution in [-0.2, 0) is 12.8 Å². The van der Waals surface area contributed by atoms with Gasteiger partial charge in [0.05, 0.1) is 10.7 Å². The molecule has 0 radical (unpaired) electrons. The predicted octanol–water partition coefficient (Wildman–Crippen LogP) is 4.11. The third-order valence-electron chi connectivity index (χ3n) is 3.80.